The van der Waals surface area contributed by atoms with Gasteiger partial charge in [-0.2, -0.15) is 0 Å². The Bertz CT molecular complexity index is 629. The molecular formula is C18H26N4O3. The molecule has 2 amide bonds. The molecule has 2 aliphatic heterocycles. The van der Waals surface area contributed by atoms with Crippen molar-refractivity contribution >= 4 is 17.6 Å². The minimum absolute atomic E-state index is 0.0607. The Morgan fingerprint density at radius 1 is 1.40 bits per heavy atom. The van der Waals surface area contributed by atoms with Crippen molar-refractivity contribution < 1.29 is 14.3 Å². The molecule has 2 saturated heterocycles. The molecule has 2 aliphatic rings. The molecule has 2 fully saturated rings. The van der Waals surface area contributed by atoms with Gasteiger partial charge in [-0.05, 0) is 19.9 Å². The third-order valence-corrected chi connectivity index (χ3v) is 4.78. The van der Waals surface area contributed by atoms with Gasteiger partial charge in [-0.15, -0.1) is 0 Å². The van der Waals surface area contributed by atoms with Gasteiger partial charge in [-0.3, -0.25) is 9.59 Å². The Balaban J connectivity index is 1.60. The van der Waals surface area contributed by atoms with Crippen LogP contribution in [0.4, 0.5) is 5.82 Å². The van der Waals surface area contributed by atoms with E-state index in [1.54, 1.807) is 11.1 Å². The summed E-state index contributed by atoms with van der Waals surface area (Å²) in [6, 6.07) is 4.00. The lowest BCUT2D eigenvalue weighted by Crippen LogP contribution is -2.38. The van der Waals surface area contributed by atoms with Crippen LogP contribution in [0.5, 0.6) is 0 Å². The standard InChI is InChI=1S/C18H26N4O3/c1-13(2)22-12-15(10-16(22)23)18(24)20-11-14-4-3-5-19-17(14)21-6-8-25-9-7-21/h3-5,13,15H,6-12H2,1-2H3,(H,20,24). The molecule has 0 radical (unpaired) electrons. The number of carbonyl (C=O) groups excluding carboxylic acids is 2. The zero-order valence-corrected chi connectivity index (χ0v) is 14.9. The Hall–Kier alpha value is -2.15. The Morgan fingerprint density at radius 2 is 2.16 bits per heavy atom. The van der Waals surface area contributed by atoms with Crippen molar-refractivity contribution in [1.29, 1.82) is 0 Å². The lowest BCUT2D eigenvalue weighted by Gasteiger charge is -2.29. The number of hydrogen-bond acceptors (Lipinski definition) is 5. The van der Waals surface area contributed by atoms with Gasteiger partial charge in [0, 0.05) is 50.4 Å². The molecule has 0 bridgehead atoms. The quantitative estimate of drug-likeness (QED) is 0.853. The molecule has 136 valence electrons. The van der Waals surface area contributed by atoms with Crippen LogP contribution in [0.15, 0.2) is 18.3 Å². The van der Waals surface area contributed by atoms with Crippen molar-refractivity contribution in [1.82, 2.24) is 15.2 Å². The molecular weight excluding hydrogens is 320 g/mol. The smallest absolute Gasteiger partial charge is 0.225 e. The molecule has 1 aromatic rings. The van der Waals surface area contributed by atoms with E-state index in [2.05, 4.69) is 15.2 Å². The van der Waals surface area contributed by atoms with Crippen molar-refractivity contribution in [3.8, 4) is 0 Å². The Morgan fingerprint density at radius 3 is 2.84 bits per heavy atom. The molecule has 7 nitrogen and oxygen atoms in total. The molecule has 1 N–H and O–H groups in total. The summed E-state index contributed by atoms with van der Waals surface area (Å²) in [6.45, 7) is 7.87. The third kappa shape index (κ3) is 4.10. The molecule has 7 heteroatoms. The van der Waals surface area contributed by atoms with Crippen LogP contribution in [-0.4, -0.2) is 60.6 Å². The van der Waals surface area contributed by atoms with Gasteiger partial charge in [0.05, 0.1) is 19.1 Å². The van der Waals surface area contributed by atoms with E-state index in [0.29, 0.717) is 32.7 Å². The fourth-order valence-corrected chi connectivity index (χ4v) is 3.36. The molecule has 1 atom stereocenters. The molecule has 3 heterocycles. The maximum Gasteiger partial charge on any atom is 0.225 e. The summed E-state index contributed by atoms with van der Waals surface area (Å²) in [7, 11) is 0. The van der Waals surface area contributed by atoms with Crippen molar-refractivity contribution in [3.05, 3.63) is 23.9 Å². The van der Waals surface area contributed by atoms with E-state index < -0.39 is 0 Å². The predicted molar refractivity (Wildman–Crippen MR) is 94.1 cm³/mol. The number of pyridine rings is 1. The number of hydrogen-bond donors (Lipinski definition) is 1. The first-order valence-corrected chi connectivity index (χ1v) is 8.90. The Kier molecular flexibility index (Phi) is 5.53. The molecule has 3 rings (SSSR count). The van der Waals surface area contributed by atoms with Crippen LogP contribution in [0, 0.1) is 5.92 Å². The number of carbonyl (C=O) groups is 2. The zero-order chi connectivity index (χ0) is 17.8. The van der Waals surface area contributed by atoms with E-state index >= 15 is 0 Å². The first-order chi connectivity index (χ1) is 12.1. The van der Waals surface area contributed by atoms with E-state index in [9.17, 15) is 9.59 Å². The highest BCUT2D eigenvalue weighted by Gasteiger charge is 2.35. The summed E-state index contributed by atoms with van der Waals surface area (Å²) >= 11 is 0. The number of morpholine rings is 1. The van der Waals surface area contributed by atoms with Gasteiger partial charge in [0.2, 0.25) is 11.8 Å². The van der Waals surface area contributed by atoms with Crippen LogP contribution in [0.3, 0.4) is 0 Å². The SMILES string of the molecule is CC(C)N1CC(C(=O)NCc2cccnc2N2CCOCC2)CC1=O. The fourth-order valence-electron chi connectivity index (χ4n) is 3.36. The minimum atomic E-state index is -0.265. The highest BCUT2D eigenvalue weighted by molar-refractivity contribution is 5.89. The van der Waals surface area contributed by atoms with Crippen molar-refractivity contribution in [2.75, 3.05) is 37.7 Å². The van der Waals surface area contributed by atoms with E-state index in [4.69, 9.17) is 4.74 Å². The van der Waals surface area contributed by atoms with Gasteiger partial charge in [0.1, 0.15) is 5.82 Å². The van der Waals surface area contributed by atoms with Crippen molar-refractivity contribution in [3.63, 3.8) is 0 Å². The van der Waals surface area contributed by atoms with Crippen LogP contribution in [0.25, 0.3) is 0 Å². The first-order valence-electron chi connectivity index (χ1n) is 8.90. The molecule has 1 unspecified atom stereocenters. The lowest BCUT2D eigenvalue weighted by atomic mass is 10.1. The van der Waals surface area contributed by atoms with E-state index in [-0.39, 0.29) is 23.8 Å². The second-order valence-electron chi connectivity index (χ2n) is 6.84. The Labute approximate surface area is 148 Å². The normalized spacial score (nSPS) is 21.1. The average molecular weight is 346 g/mol. The highest BCUT2D eigenvalue weighted by Crippen LogP contribution is 2.21. The van der Waals surface area contributed by atoms with Crippen molar-refractivity contribution in [2.24, 2.45) is 5.92 Å². The number of nitrogens with zero attached hydrogens (tertiary/aromatic N) is 3. The van der Waals surface area contributed by atoms with Crippen LogP contribution in [0.1, 0.15) is 25.8 Å². The number of ether oxygens (including phenoxy) is 1. The number of aromatic nitrogens is 1. The monoisotopic (exact) mass is 346 g/mol. The van der Waals surface area contributed by atoms with Crippen LogP contribution < -0.4 is 10.2 Å². The largest absolute Gasteiger partial charge is 0.378 e. The maximum atomic E-state index is 12.5. The molecule has 0 spiro atoms. The fraction of sp³-hybridized carbons (Fsp3) is 0.611. The topological polar surface area (TPSA) is 74.8 Å². The van der Waals surface area contributed by atoms with E-state index in [1.165, 1.54) is 0 Å². The molecule has 0 aliphatic carbocycles. The summed E-state index contributed by atoms with van der Waals surface area (Å²) in [5, 5.41) is 2.98. The number of likely N-dealkylation sites (tertiary alicyclic amines) is 1. The molecule has 1 aromatic heterocycles. The lowest BCUT2D eigenvalue weighted by molar-refractivity contribution is -0.129. The van der Waals surface area contributed by atoms with Crippen LogP contribution >= 0.6 is 0 Å². The van der Waals surface area contributed by atoms with Gasteiger partial charge in [0.25, 0.3) is 0 Å². The van der Waals surface area contributed by atoms with Crippen molar-refractivity contribution in [2.45, 2.75) is 32.9 Å². The molecule has 0 saturated carbocycles. The number of anilines is 1. The van der Waals surface area contributed by atoms with E-state index in [0.717, 1.165) is 24.5 Å². The second kappa shape index (κ2) is 7.82. The second-order valence-corrected chi connectivity index (χ2v) is 6.84. The summed E-state index contributed by atoms with van der Waals surface area (Å²) in [5.41, 5.74) is 0.989. The van der Waals surface area contributed by atoms with E-state index in [1.807, 2.05) is 26.0 Å². The van der Waals surface area contributed by atoms with Crippen LogP contribution in [-0.2, 0) is 20.9 Å². The number of nitrogens with one attached hydrogen (secondary N) is 1. The minimum Gasteiger partial charge on any atom is -0.378 e. The van der Waals surface area contributed by atoms with Gasteiger partial charge in [-0.25, -0.2) is 4.98 Å². The maximum absolute atomic E-state index is 12.5. The predicted octanol–water partition coefficient (Wildman–Crippen LogP) is 0.791. The summed E-state index contributed by atoms with van der Waals surface area (Å²) < 4.78 is 5.39. The number of amides is 2. The van der Waals surface area contributed by atoms with Crippen LogP contribution in [0.2, 0.25) is 0 Å². The van der Waals surface area contributed by atoms with Gasteiger partial charge >= 0.3 is 0 Å². The molecule has 25 heavy (non-hydrogen) atoms. The highest BCUT2D eigenvalue weighted by atomic mass is 16.5. The summed E-state index contributed by atoms with van der Waals surface area (Å²) in [4.78, 5) is 32.9. The van der Waals surface area contributed by atoms with Gasteiger partial charge < -0.3 is 19.9 Å². The van der Waals surface area contributed by atoms with Gasteiger partial charge in [-0.1, -0.05) is 6.07 Å². The number of rotatable bonds is 5. The average Bonchev–Trinajstić information content (AvgIpc) is 3.03. The molecule has 0 aromatic carbocycles. The first kappa shape index (κ1) is 17.7. The van der Waals surface area contributed by atoms with Gasteiger partial charge in [0.15, 0.2) is 0 Å². The third-order valence-electron chi connectivity index (χ3n) is 4.78. The summed E-state index contributed by atoms with van der Waals surface area (Å²) in [6.07, 6.45) is 2.07. The zero-order valence-electron chi connectivity index (χ0n) is 14.9. The summed E-state index contributed by atoms with van der Waals surface area (Å²) in [5.74, 6) is 0.634.